The maximum Gasteiger partial charge on any atom is 0.224 e. The van der Waals surface area contributed by atoms with Crippen LogP contribution in [0.25, 0.3) is 10.9 Å². The van der Waals surface area contributed by atoms with Crippen molar-refractivity contribution < 1.29 is 4.79 Å². The smallest absolute Gasteiger partial charge is 0.224 e. The van der Waals surface area contributed by atoms with Crippen molar-refractivity contribution in [2.75, 3.05) is 18.4 Å². The van der Waals surface area contributed by atoms with Gasteiger partial charge in [-0.15, -0.1) is 12.4 Å². The van der Waals surface area contributed by atoms with Crippen LogP contribution in [0.5, 0.6) is 0 Å². The number of aromatic nitrogens is 1. The number of nitrogens with one attached hydrogen (secondary N) is 2. The van der Waals surface area contributed by atoms with E-state index in [1.165, 1.54) is 17.3 Å². The standard InChI is InChI=1S/C18H25N3O.ClH/c1-2-10-21-11-8-15-4-5-16(12-17(15)21)20-18(22)6-3-14-7-9-19-13-14;/h4-5,8,11-12,14,19H,2-3,6-7,9-10,13H2,1H3,(H,20,22);1H. The van der Waals surface area contributed by atoms with Gasteiger partial charge >= 0.3 is 0 Å². The van der Waals surface area contributed by atoms with Crippen LogP contribution in [0, 0.1) is 5.92 Å². The molecular weight excluding hydrogens is 310 g/mol. The lowest BCUT2D eigenvalue weighted by Crippen LogP contribution is -2.15. The molecule has 5 heteroatoms. The van der Waals surface area contributed by atoms with E-state index in [-0.39, 0.29) is 18.3 Å². The number of rotatable bonds is 6. The molecule has 1 amide bonds. The van der Waals surface area contributed by atoms with Crippen molar-refractivity contribution in [2.45, 2.75) is 39.2 Å². The largest absolute Gasteiger partial charge is 0.347 e. The fraction of sp³-hybridized carbons (Fsp3) is 0.500. The van der Waals surface area contributed by atoms with Crippen LogP contribution < -0.4 is 10.6 Å². The van der Waals surface area contributed by atoms with Crippen LogP contribution in [0.4, 0.5) is 5.69 Å². The zero-order valence-electron chi connectivity index (χ0n) is 13.7. The van der Waals surface area contributed by atoms with Gasteiger partial charge in [-0.3, -0.25) is 4.79 Å². The third-order valence-electron chi connectivity index (χ3n) is 4.46. The molecule has 2 heterocycles. The zero-order valence-corrected chi connectivity index (χ0v) is 14.5. The van der Waals surface area contributed by atoms with E-state index in [0.717, 1.165) is 38.2 Å². The van der Waals surface area contributed by atoms with Crippen molar-refractivity contribution in [1.29, 1.82) is 0 Å². The topological polar surface area (TPSA) is 46.1 Å². The van der Waals surface area contributed by atoms with E-state index in [1.54, 1.807) is 0 Å². The van der Waals surface area contributed by atoms with E-state index in [0.29, 0.717) is 12.3 Å². The van der Waals surface area contributed by atoms with Crippen molar-refractivity contribution in [3.8, 4) is 0 Å². The van der Waals surface area contributed by atoms with Gasteiger partial charge in [0, 0.05) is 24.8 Å². The first kappa shape index (κ1) is 17.8. The van der Waals surface area contributed by atoms with Gasteiger partial charge in [0.2, 0.25) is 5.91 Å². The summed E-state index contributed by atoms with van der Waals surface area (Å²) >= 11 is 0. The minimum atomic E-state index is 0. The van der Waals surface area contributed by atoms with Gasteiger partial charge < -0.3 is 15.2 Å². The highest BCUT2D eigenvalue weighted by Crippen LogP contribution is 2.21. The maximum absolute atomic E-state index is 12.1. The molecule has 0 saturated carbocycles. The van der Waals surface area contributed by atoms with Crippen molar-refractivity contribution in [2.24, 2.45) is 5.92 Å². The Kier molecular flexibility index (Phi) is 6.48. The first-order valence-electron chi connectivity index (χ1n) is 8.35. The summed E-state index contributed by atoms with van der Waals surface area (Å²) in [6.07, 6.45) is 6.01. The van der Waals surface area contributed by atoms with E-state index in [9.17, 15) is 4.79 Å². The van der Waals surface area contributed by atoms with E-state index in [2.05, 4.69) is 46.5 Å². The van der Waals surface area contributed by atoms with Gasteiger partial charge in [0.15, 0.2) is 0 Å². The molecule has 2 aromatic rings. The summed E-state index contributed by atoms with van der Waals surface area (Å²) in [5, 5.41) is 7.62. The van der Waals surface area contributed by atoms with E-state index in [4.69, 9.17) is 0 Å². The maximum atomic E-state index is 12.1. The molecule has 0 aliphatic carbocycles. The third-order valence-corrected chi connectivity index (χ3v) is 4.46. The number of hydrogen-bond donors (Lipinski definition) is 2. The van der Waals surface area contributed by atoms with Gasteiger partial charge in [-0.1, -0.05) is 13.0 Å². The summed E-state index contributed by atoms with van der Waals surface area (Å²) in [7, 11) is 0. The molecule has 1 atom stereocenters. The number of hydrogen-bond acceptors (Lipinski definition) is 2. The first-order valence-corrected chi connectivity index (χ1v) is 8.35. The SMILES string of the molecule is CCCn1ccc2ccc(NC(=O)CCC3CCNC3)cc21.Cl. The molecule has 23 heavy (non-hydrogen) atoms. The fourth-order valence-corrected chi connectivity index (χ4v) is 3.22. The molecule has 1 fully saturated rings. The van der Waals surface area contributed by atoms with Gasteiger partial charge in [0.1, 0.15) is 0 Å². The summed E-state index contributed by atoms with van der Waals surface area (Å²) in [4.78, 5) is 12.1. The lowest BCUT2D eigenvalue weighted by molar-refractivity contribution is -0.116. The van der Waals surface area contributed by atoms with Gasteiger partial charge in [-0.05, 0) is 61.9 Å². The van der Waals surface area contributed by atoms with Crippen LogP contribution >= 0.6 is 12.4 Å². The number of benzene rings is 1. The van der Waals surface area contributed by atoms with Gasteiger partial charge in [0.25, 0.3) is 0 Å². The number of carbonyl (C=O) groups is 1. The Hall–Kier alpha value is -1.52. The molecule has 2 N–H and O–H groups in total. The fourth-order valence-electron chi connectivity index (χ4n) is 3.22. The monoisotopic (exact) mass is 335 g/mol. The lowest BCUT2D eigenvalue weighted by Gasteiger charge is -2.10. The van der Waals surface area contributed by atoms with Gasteiger partial charge in [0.05, 0.1) is 5.52 Å². The molecule has 1 saturated heterocycles. The molecule has 1 aromatic heterocycles. The summed E-state index contributed by atoms with van der Waals surface area (Å²) in [6.45, 7) is 5.34. The Morgan fingerprint density at radius 1 is 1.39 bits per heavy atom. The third kappa shape index (κ3) is 4.49. The second-order valence-corrected chi connectivity index (χ2v) is 6.23. The summed E-state index contributed by atoms with van der Waals surface area (Å²) in [5.74, 6) is 0.787. The summed E-state index contributed by atoms with van der Waals surface area (Å²) in [5.41, 5.74) is 2.10. The zero-order chi connectivity index (χ0) is 15.4. The van der Waals surface area contributed by atoms with Gasteiger partial charge in [-0.2, -0.15) is 0 Å². The number of carbonyl (C=O) groups excluding carboxylic acids is 1. The highest BCUT2D eigenvalue weighted by atomic mass is 35.5. The second-order valence-electron chi connectivity index (χ2n) is 6.23. The first-order chi connectivity index (χ1) is 10.8. The lowest BCUT2D eigenvalue weighted by atomic mass is 10.0. The average Bonchev–Trinajstić information content (AvgIpc) is 3.16. The molecule has 0 spiro atoms. The molecule has 3 rings (SSSR count). The number of anilines is 1. The highest BCUT2D eigenvalue weighted by molar-refractivity contribution is 5.93. The van der Waals surface area contributed by atoms with Crippen LogP contribution in [0.15, 0.2) is 30.5 Å². The molecule has 1 aromatic carbocycles. The second kappa shape index (κ2) is 8.37. The predicted octanol–water partition coefficient (Wildman–Crippen LogP) is 3.80. The molecule has 126 valence electrons. The van der Waals surface area contributed by atoms with Crippen molar-refractivity contribution in [1.82, 2.24) is 9.88 Å². The number of aryl methyl sites for hydroxylation is 1. The molecule has 0 radical (unpaired) electrons. The van der Waals surface area contributed by atoms with Crippen LogP contribution in [-0.4, -0.2) is 23.6 Å². The predicted molar refractivity (Wildman–Crippen MR) is 98.3 cm³/mol. The van der Waals surface area contributed by atoms with Gasteiger partial charge in [-0.25, -0.2) is 0 Å². The molecule has 1 aliphatic heterocycles. The van der Waals surface area contributed by atoms with E-state index in [1.807, 2.05) is 6.07 Å². The Morgan fingerprint density at radius 3 is 3.00 bits per heavy atom. The summed E-state index contributed by atoms with van der Waals surface area (Å²) < 4.78 is 2.25. The van der Waals surface area contributed by atoms with Crippen molar-refractivity contribution >= 4 is 34.9 Å². The number of fused-ring (bicyclic) bond motifs is 1. The minimum absolute atomic E-state index is 0. The molecular formula is C18H26ClN3O. The van der Waals surface area contributed by atoms with Crippen LogP contribution in [-0.2, 0) is 11.3 Å². The molecule has 1 unspecified atom stereocenters. The number of nitrogens with zero attached hydrogens (tertiary/aromatic N) is 1. The molecule has 4 nitrogen and oxygen atoms in total. The van der Waals surface area contributed by atoms with Crippen LogP contribution in [0.1, 0.15) is 32.6 Å². The molecule has 1 aliphatic rings. The number of amides is 1. The van der Waals surface area contributed by atoms with Crippen molar-refractivity contribution in [3.63, 3.8) is 0 Å². The average molecular weight is 336 g/mol. The quantitative estimate of drug-likeness (QED) is 0.843. The Labute approximate surface area is 144 Å². The minimum Gasteiger partial charge on any atom is -0.347 e. The van der Waals surface area contributed by atoms with E-state index >= 15 is 0 Å². The van der Waals surface area contributed by atoms with Crippen LogP contribution in [0.2, 0.25) is 0 Å². The molecule has 0 bridgehead atoms. The number of halogens is 1. The van der Waals surface area contributed by atoms with Crippen molar-refractivity contribution in [3.05, 3.63) is 30.5 Å². The Morgan fingerprint density at radius 2 is 2.26 bits per heavy atom. The van der Waals surface area contributed by atoms with Crippen LogP contribution in [0.3, 0.4) is 0 Å². The summed E-state index contributed by atoms with van der Waals surface area (Å²) in [6, 6.07) is 8.29. The van der Waals surface area contributed by atoms with E-state index < -0.39 is 0 Å². The Balaban J connectivity index is 0.00000192. The highest BCUT2D eigenvalue weighted by Gasteiger charge is 2.15. The normalized spacial score (nSPS) is 17.2. The Bertz CT molecular complexity index is 647.